The van der Waals surface area contributed by atoms with Crippen LogP contribution in [0.2, 0.25) is 0 Å². The number of morpholine rings is 1. The minimum atomic E-state index is -0.886. The fourth-order valence-corrected chi connectivity index (χ4v) is 2.00. The molecule has 0 bridgehead atoms. The molecule has 6 heteroatoms. The third kappa shape index (κ3) is 4.53. The molecule has 0 saturated carbocycles. The summed E-state index contributed by atoms with van der Waals surface area (Å²) in [5, 5.41) is 8.41. The lowest BCUT2D eigenvalue weighted by Crippen LogP contribution is -2.45. The van der Waals surface area contributed by atoms with E-state index in [1.54, 1.807) is 4.90 Å². The molecule has 15 heavy (non-hydrogen) atoms. The summed E-state index contributed by atoms with van der Waals surface area (Å²) in [6.45, 7) is 3.70. The molecule has 1 aliphatic rings. The zero-order valence-electron chi connectivity index (χ0n) is 8.64. The fraction of sp³-hybridized carbons (Fsp3) is 0.778. The van der Waals surface area contributed by atoms with Crippen molar-refractivity contribution in [2.75, 3.05) is 31.2 Å². The summed E-state index contributed by atoms with van der Waals surface area (Å²) in [5.41, 5.74) is 0. The Morgan fingerprint density at radius 1 is 1.53 bits per heavy atom. The summed E-state index contributed by atoms with van der Waals surface area (Å²) in [5.74, 6) is -0.676. The number of nitrogens with zero attached hydrogens (tertiary/aromatic N) is 1. The number of amides is 1. The molecule has 1 rings (SSSR count). The van der Waals surface area contributed by atoms with Gasteiger partial charge in [0.25, 0.3) is 0 Å². The van der Waals surface area contributed by atoms with Crippen LogP contribution in [-0.2, 0) is 14.3 Å². The van der Waals surface area contributed by atoms with Gasteiger partial charge in [-0.3, -0.25) is 9.59 Å². The number of carboxylic acids is 1. The average molecular weight is 233 g/mol. The highest BCUT2D eigenvalue weighted by Gasteiger charge is 2.21. The van der Waals surface area contributed by atoms with Crippen molar-refractivity contribution in [2.24, 2.45) is 0 Å². The molecule has 0 aromatic carbocycles. The molecule has 1 saturated heterocycles. The molecule has 0 aliphatic carbocycles. The van der Waals surface area contributed by atoms with Gasteiger partial charge in [0, 0.05) is 13.1 Å². The number of aliphatic carboxylic acids is 1. The lowest BCUT2D eigenvalue weighted by atomic mass is 10.3. The van der Waals surface area contributed by atoms with Crippen LogP contribution < -0.4 is 0 Å². The van der Waals surface area contributed by atoms with Crippen molar-refractivity contribution >= 4 is 23.6 Å². The summed E-state index contributed by atoms with van der Waals surface area (Å²) in [7, 11) is 0. The molecule has 1 N–H and O–H groups in total. The molecule has 1 heterocycles. The van der Waals surface area contributed by atoms with Gasteiger partial charge in [0.15, 0.2) is 0 Å². The highest BCUT2D eigenvalue weighted by atomic mass is 32.2. The zero-order chi connectivity index (χ0) is 11.3. The van der Waals surface area contributed by atoms with Gasteiger partial charge in [-0.05, 0) is 6.92 Å². The Kier molecular flexibility index (Phi) is 4.90. The second-order valence-corrected chi connectivity index (χ2v) is 4.39. The van der Waals surface area contributed by atoms with Crippen LogP contribution in [0.5, 0.6) is 0 Å². The molecule has 0 radical (unpaired) electrons. The molecule has 0 aromatic heterocycles. The van der Waals surface area contributed by atoms with E-state index in [9.17, 15) is 9.59 Å². The third-order valence-electron chi connectivity index (χ3n) is 2.04. The van der Waals surface area contributed by atoms with E-state index in [1.165, 1.54) is 0 Å². The summed E-state index contributed by atoms with van der Waals surface area (Å²) in [6.07, 6.45) is 0.0761. The number of hydrogen-bond donors (Lipinski definition) is 1. The standard InChI is InChI=1S/C9H15NO4S/c1-7-4-10(2-3-14-7)8(11)5-15-6-9(12)13/h7H,2-6H2,1H3,(H,12,13). The smallest absolute Gasteiger partial charge is 0.313 e. The van der Waals surface area contributed by atoms with Crippen molar-refractivity contribution < 1.29 is 19.4 Å². The van der Waals surface area contributed by atoms with Crippen LogP contribution in [0.4, 0.5) is 0 Å². The van der Waals surface area contributed by atoms with Crippen LogP contribution in [0.25, 0.3) is 0 Å². The van der Waals surface area contributed by atoms with Gasteiger partial charge in [0.05, 0.1) is 24.2 Å². The summed E-state index contributed by atoms with van der Waals surface area (Å²) in [6, 6.07) is 0. The van der Waals surface area contributed by atoms with E-state index in [0.29, 0.717) is 19.7 Å². The maximum atomic E-state index is 11.6. The molecular weight excluding hydrogens is 218 g/mol. The van der Waals surface area contributed by atoms with Gasteiger partial charge in [0.1, 0.15) is 0 Å². The topological polar surface area (TPSA) is 66.8 Å². The predicted molar refractivity (Wildman–Crippen MR) is 57.0 cm³/mol. The molecule has 0 aromatic rings. The number of hydrogen-bond acceptors (Lipinski definition) is 4. The average Bonchev–Trinajstić information content (AvgIpc) is 2.17. The van der Waals surface area contributed by atoms with E-state index in [1.807, 2.05) is 6.92 Å². The first-order valence-electron chi connectivity index (χ1n) is 4.78. The number of ether oxygens (including phenoxy) is 1. The molecule has 1 aliphatic heterocycles. The molecule has 1 fully saturated rings. The van der Waals surface area contributed by atoms with E-state index >= 15 is 0 Å². The van der Waals surface area contributed by atoms with Crippen LogP contribution in [-0.4, -0.2) is 59.2 Å². The second-order valence-electron chi connectivity index (χ2n) is 3.41. The van der Waals surface area contributed by atoms with E-state index in [-0.39, 0.29) is 23.5 Å². The Morgan fingerprint density at radius 3 is 2.87 bits per heavy atom. The van der Waals surface area contributed by atoms with Gasteiger partial charge < -0.3 is 14.7 Å². The molecule has 5 nitrogen and oxygen atoms in total. The Balaban J connectivity index is 2.24. The van der Waals surface area contributed by atoms with E-state index in [0.717, 1.165) is 11.8 Å². The quantitative estimate of drug-likeness (QED) is 0.743. The van der Waals surface area contributed by atoms with Crippen LogP contribution in [0.1, 0.15) is 6.92 Å². The van der Waals surface area contributed by atoms with Crippen LogP contribution in [0.3, 0.4) is 0 Å². The lowest BCUT2D eigenvalue weighted by molar-refractivity contribution is -0.135. The van der Waals surface area contributed by atoms with Crippen molar-refractivity contribution in [3.8, 4) is 0 Å². The van der Waals surface area contributed by atoms with Gasteiger partial charge in [-0.15, -0.1) is 11.8 Å². The first-order chi connectivity index (χ1) is 7.09. The first kappa shape index (κ1) is 12.3. The van der Waals surface area contributed by atoms with Crippen molar-refractivity contribution in [2.45, 2.75) is 13.0 Å². The van der Waals surface area contributed by atoms with Gasteiger partial charge >= 0.3 is 5.97 Å². The maximum absolute atomic E-state index is 11.6. The van der Waals surface area contributed by atoms with Crippen molar-refractivity contribution in [3.05, 3.63) is 0 Å². The number of thioether (sulfide) groups is 1. The maximum Gasteiger partial charge on any atom is 0.313 e. The van der Waals surface area contributed by atoms with Crippen molar-refractivity contribution in [3.63, 3.8) is 0 Å². The molecule has 1 amide bonds. The van der Waals surface area contributed by atoms with Crippen LogP contribution in [0.15, 0.2) is 0 Å². The van der Waals surface area contributed by atoms with Crippen molar-refractivity contribution in [1.29, 1.82) is 0 Å². The van der Waals surface area contributed by atoms with Gasteiger partial charge in [-0.25, -0.2) is 0 Å². The molecule has 1 unspecified atom stereocenters. The highest BCUT2D eigenvalue weighted by molar-refractivity contribution is 8.00. The highest BCUT2D eigenvalue weighted by Crippen LogP contribution is 2.08. The largest absolute Gasteiger partial charge is 0.481 e. The number of carboxylic acid groups (broad SMARTS) is 1. The molecular formula is C9H15NO4S. The van der Waals surface area contributed by atoms with Crippen molar-refractivity contribution in [1.82, 2.24) is 4.90 Å². The van der Waals surface area contributed by atoms with Gasteiger partial charge in [-0.1, -0.05) is 0 Å². The lowest BCUT2D eigenvalue weighted by Gasteiger charge is -2.31. The Hall–Kier alpha value is -0.750. The predicted octanol–water partition coefficient (Wildman–Crippen LogP) is 0.0515. The van der Waals surface area contributed by atoms with E-state index in [2.05, 4.69) is 0 Å². The molecule has 1 atom stereocenters. The minimum absolute atomic E-state index is 0.00333. The fourth-order valence-electron chi connectivity index (χ4n) is 1.36. The van der Waals surface area contributed by atoms with Gasteiger partial charge in [-0.2, -0.15) is 0 Å². The summed E-state index contributed by atoms with van der Waals surface area (Å²) < 4.78 is 5.31. The second kappa shape index (κ2) is 5.97. The van der Waals surface area contributed by atoms with E-state index in [4.69, 9.17) is 9.84 Å². The summed E-state index contributed by atoms with van der Waals surface area (Å²) >= 11 is 1.13. The first-order valence-corrected chi connectivity index (χ1v) is 5.94. The number of carbonyl (C=O) groups excluding carboxylic acids is 1. The monoisotopic (exact) mass is 233 g/mol. The Morgan fingerprint density at radius 2 is 2.27 bits per heavy atom. The SMILES string of the molecule is CC1CN(C(=O)CSCC(=O)O)CCO1. The molecule has 0 spiro atoms. The summed E-state index contributed by atoms with van der Waals surface area (Å²) in [4.78, 5) is 23.6. The minimum Gasteiger partial charge on any atom is -0.481 e. The van der Waals surface area contributed by atoms with Crippen LogP contribution >= 0.6 is 11.8 Å². The molecule has 86 valence electrons. The van der Waals surface area contributed by atoms with E-state index < -0.39 is 5.97 Å². The zero-order valence-corrected chi connectivity index (χ0v) is 9.46. The third-order valence-corrected chi connectivity index (χ3v) is 2.95. The Labute approximate surface area is 92.8 Å². The number of rotatable bonds is 4. The Bertz CT molecular complexity index is 246. The normalized spacial score (nSPS) is 21.4. The number of carbonyl (C=O) groups is 2. The van der Waals surface area contributed by atoms with Crippen LogP contribution in [0, 0.1) is 0 Å². The van der Waals surface area contributed by atoms with Gasteiger partial charge in [0.2, 0.25) is 5.91 Å².